The van der Waals surface area contributed by atoms with Crippen molar-refractivity contribution in [2.45, 2.75) is 16.9 Å². The zero-order valence-electron chi connectivity index (χ0n) is 18.5. The average Bonchev–Trinajstić information content (AvgIpc) is 3.36. The van der Waals surface area contributed by atoms with Crippen molar-refractivity contribution in [2.24, 2.45) is 5.10 Å². The van der Waals surface area contributed by atoms with Gasteiger partial charge in [-0.2, -0.15) is 10.1 Å². The summed E-state index contributed by atoms with van der Waals surface area (Å²) in [6, 6.07) is 10.5. The zero-order chi connectivity index (χ0) is 23.4. The molecule has 2 aromatic rings. The second-order valence-corrected chi connectivity index (χ2v) is 9.87. The summed E-state index contributed by atoms with van der Waals surface area (Å²) < 4.78 is 5.14. The van der Waals surface area contributed by atoms with Gasteiger partial charge in [-0.15, -0.1) is 0 Å². The quantitative estimate of drug-likeness (QED) is 0.117. The van der Waals surface area contributed by atoms with Gasteiger partial charge in [0.2, 0.25) is 0 Å². The molecule has 4 rings (SSSR count). The van der Waals surface area contributed by atoms with Crippen LogP contribution in [0.1, 0.15) is 18.6 Å². The number of amides is 3. The number of carbonyl (C=O) groups is 2. The third-order valence-corrected chi connectivity index (χ3v) is 7.19. The molecule has 2 aliphatic heterocycles. The van der Waals surface area contributed by atoms with E-state index in [4.69, 9.17) is 16.0 Å². The molecule has 1 aromatic carbocycles. The molecule has 3 amide bonds. The number of carbonyl (C=O) groups excluding carboxylic acids is 2. The molecule has 0 spiro atoms. The van der Waals surface area contributed by atoms with Crippen molar-refractivity contribution in [3.05, 3.63) is 47.2 Å². The Morgan fingerprint density at radius 3 is 2.48 bits per heavy atom. The maximum absolute atomic E-state index is 12.8. The fourth-order valence-electron chi connectivity index (χ4n) is 3.85. The molecule has 0 bridgehead atoms. The molecule has 1 unspecified atom stereocenters. The Bertz CT molecular complexity index is 1000. The number of piperazine rings is 1. The predicted molar refractivity (Wildman–Crippen MR) is 137 cm³/mol. The maximum Gasteiger partial charge on any atom is 0.348 e. The normalized spacial score (nSPS) is 20.5. The van der Waals surface area contributed by atoms with Gasteiger partial charge in [0.05, 0.1) is 6.21 Å². The molecule has 0 saturated carbocycles. The van der Waals surface area contributed by atoms with Gasteiger partial charge in [-0.05, 0) is 85.4 Å². The number of benzene rings is 1. The molecule has 2 saturated heterocycles. The van der Waals surface area contributed by atoms with Crippen molar-refractivity contribution in [3.8, 4) is 11.3 Å². The van der Waals surface area contributed by atoms with Gasteiger partial charge in [0, 0.05) is 43.3 Å². The lowest BCUT2D eigenvalue weighted by Crippen LogP contribution is -2.44. The molecule has 3 heterocycles. The minimum Gasteiger partial charge on any atom is -0.455 e. The van der Waals surface area contributed by atoms with E-state index in [1.54, 1.807) is 18.2 Å². The SMILES string of the molecule is CN1CCN(CCCCN2C(=O)C(I)N(N=Cc3ccc(-c4ccc(Cl)cc4)o3)C2=O)CC1. The van der Waals surface area contributed by atoms with Gasteiger partial charge in [0.1, 0.15) is 11.5 Å². The van der Waals surface area contributed by atoms with Crippen molar-refractivity contribution in [3.63, 3.8) is 0 Å². The van der Waals surface area contributed by atoms with Crippen molar-refractivity contribution in [1.29, 1.82) is 0 Å². The summed E-state index contributed by atoms with van der Waals surface area (Å²) in [7, 11) is 2.14. The molecule has 33 heavy (non-hydrogen) atoms. The van der Waals surface area contributed by atoms with Gasteiger partial charge < -0.3 is 14.2 Å². The predicted octanol–water partition coefficient (Wildman–Crippen LogP) is 3.99. The molecule has 0 aliphatic carbocycles. The zero-order valence-corrected chi connectivity index (χ0v) is 21.4. The number of alkyl halides is 1. The van der Waals surface area contributed by atoms with Crippen LogP contribution >= 0.6 is 34.2 Å². The Morgan fingerprint density at radius 2 is 1.76 bits per heavy atom. The van der Waals surface area contributed by atoms with Crippen LogP contribution in [0.4, 0.5) is 4.79 Å². The number of unbranched alkanes of at least 4 members (excludes halogenated alkanes) is 1. The lowest BCUT2D eigenvalue weighted by Gasteiger charge is -2.32. The van der Waals surface area contributed by atoms with Crippen LogP contribution in [0.2, 0.25) is 5.02 Å². The molecular weight excluding hydrogens is 557 g/mol. The first kappa shape index (κ1) is 24.2. The first-order chi connectivity index (χ1) is 15.9. The molecule has 1 atom stereocenters. The monoisotopic (exact) mass is 583 g/mol. The molecule has 176 valence electrons. The molecule has 8 nitrogen and oxygen atoms in total. The lowest BCUT2D eigenvalue weighted by atomic mass is 10.2. The van der Waals surface area contributed by atoms with E-state index < -0.39 is 4.05 Å². The summed E-state index contributed by atoms with van der Waals surface area (Å²) >= 11 is 7.89. The minimum atomic E-state index is -0.658. The molecular formula is C23H27ClIN5O3. The lowest BCUT2D eigenvalue weighted by molar-refractivity contribution is -0.125. The third kappa shape index (κ3) is 5.95. The summed E-state index contributed by atoms with van der Waals surface area (Å²) in [5, 5.41) is 6.12. The summed E-state index contributed by atoms with van der Waals surface area (Å²) in [5.41, 5.74) is 0.890. The van der Waals surface area contributed by atoms with E-state index in [0.717, 1.165) is 51.1 Å². The number of furan rings is 1. The van der Waals surface area contributed by atoms with Gasteiger partial charge in [0.25, 0.3) is 5.91 Å². The molecule has 1 aromatic heterocycles. The highest BCUT2D eigenvalue weighted by molar-refractivity contribution is 14.1. The highest BCUT2D eigenvalue weighted by atomic mass is 127. The summed E-state index contributed by atoms with van der Waals surface area (Å²) in [5.74, 6) is 0.943. The number of rotatable bonds is 8. The number of nitrogens with zero attached hydrogens (tertiary/aromatic N) is 5. The Labute approximate surface area is 212 Å². The van der Waals surface area contributed by atoms with Crippen LogP contribution in [0.15, 0.2) is 45.9 Å². The van der Waals surface area contributed by atoms with Gasteiger partial charge in [-0.25, -0.2) is 4.79 Å². The van der Waals surface area contributed by atoms with Crippen LogP contribution in [0.3, 0.4) is 0 Å². The topological polar surface area (TPSA) is 72.6 Å². The van der Waals surface area contributed by atoms with E-state index >= 15 is 0 Å². The van der Waals surface area contributed by atoms with E-state index in [1.165, 1.54) is 16.1 Å². The molecule has 0 radical (unpaired) electrons. The van der Waals surface area contributed by atoms with Crippen LogP contribution in [-0.2, 0) is 4.79 Å². The van der Waals surface area contributed by atoms with Crippen molar-refractivity contribution < 1.29 is 14.0 Å². The van der Waals surface area contributed by atoms with E-state index in [2.05, 4.69) is 21.9 Å². The van der Waals surface area contributed by atoms with E-state index in [1.807, 2.05) is 40.8 Å². The van der Waals surface area contributed by atoms with Gasteiger partial charge in [0.15, 0.2) is 4.05 Å². The number of hydrogen-bond acceptors (Lipinski definition) is 6. The number of likely N-dealkylation sites (N-methyl/N-ethyl adjacent to an activating group) is 1. The number of hydrogen-bond donors (Lipinski definition) is 0. The average molecular weight is 584 g/mol. The Hall–Kier alpha value is -1.95. The standard InChI is InChI=1S/C23H27ClIN5O3/c1-27-12-14-28(15-13-27)10-2-3-11-29-22(31)21(25)30(23(29)32)26-16-19-8-9-20(33-19)17-4-6-18(24)7-5-17/h4-9,16,21H,2-3,10-15H2,1H3. The van der Waals surface area contributed by atoms with E-state index in [9.17, 15) is 9.59 Å². The Morgan fingerprint density at radius 1 is 1.06 bits per heavy atom. The van der Waals surface area contributed by atoms with Crippen LogP contribution in [0, 0.1) is 0 Å². The summed E-state index contributed by atoms with van der Waals surface area (Å²) in [6.07, 6.45) is 3.20. The smallest absolute Gasteiger partial charge is 0.348 e. The maximum atomic E-state index is 12.8. The summed E-state index contributed by atoms with van der Waals surface area (Å²) in [6.45, 7) is 5.73. The fraction of sp³-hybridized carbons (Fsp3) is 0.435. The fourth-order valence-corrected chi connectivity index (χ4v) is 4.69. The molecule has 2 aliphatic rings. The number of hydrazone groups is 1. The van der Waals surface area contributed by atoms with Crippen LogP contribution in [0.25, 0.3) is 11.3 Å². The highest BCUT2D eigenvalue weighted by Crippen LogP contribution is 2.25. The van der Waals surface area contributed by atoms with Crippen LogP contribution in [-0.4, -0.2) is 88.2 Å². The first-order valence-corrected chi connectivity index (χ1v) is 12.6. The van der Waals surface area contributed by atoms with Crippen LogP contribution in [0.5, 0.6) is 0 Å². The third-order valence-electron chi connectivity index (χ3n) is 5.88. The number of halogens is 2. The molecule has 2 fully saturated rings. The minimum absolute atomic E-state index is 0.223. The van der Waals surface area contributed by atoms with Gasteiger partial charge in [-0.3, -0.25) is 9.69 Å². The van der Waals surface area contributed by atoms with Crippen molar-refractivity contribution >= 4 is 52.3 Å². The number of imide groups is 1. The van der Waals surface area contributed by atoms with Gasteiger partial charge >= 0.3 is 6.03 Å². The number of urea groups is 1. The van der Waals surface area contributed by atoms with E-state index in [0.29, 0.717) is 23.1 Å². The van der Waals surface area contributed by atoms with Crippen molar-refractivity contribution in [2.75, 3.05) is 46.3 Å². The molecule has 0 N–H and O–H groups in total. The van der Waals surface area contributed by atoms with Crippen LogP contribution < -0.4 is 0 Å². The van der Waals surface area contributed by atoms with E-state index in [-0.39, 0.29) is 11.9 Å². The van der Waals surface area contributed by atoms with Crippen molar-refractivity contribution in [1.82, 2.24) is 19.7 Å². The largest absolute Gasteiger partial charge is 0.455 e. The van der Waals surface area contributed by atoms with Gasteiger partial charge in [-0.1, -0.05) is 11.6 Å². The second-order valence-electron chi connectivity index (χ2n) is 8.26. The highest BCUT2D eigenvalue weighted by Gasteiger charge is 2.43. The Balaban J connectivity index is 1.30. The Kier molecular flexibility index (Phi) is 8.05. The molecule has 10 heteroatoms. The second kappa shape index (κ2) is 11.0. The summed E-state index contributed by atoms with van der Waals surface area (Å²) in [4.78, 5) is 31.5. The first-order valence-electron chi connectivity index (χ1n) is 11.0.